The fourth-order valence-electron chi connectivity index (χ4n) is 2.62. The number of nitrogens with two attached hydrogens (primary N) is 1. The first kappa shape index (κ1) is 12.9. The van der Waals surface area contributed by atoms with Gasteiger partial charge in [0.05, 0.1) is 11.4 Å². The molecule has 2 rings (SSSR count). The molecule has 1 aromatic rings. The fourth-order valence-corrected chi connectivity index (χ4v) is 2.62. The van der Waals surface area contributed by atoms with Crippen molar-refractivity contribution in [3.05, 3.63) is 11.4 Å². The minimum Gasteiger partial charge on any atom is -0.395 e. The van der Waals surface area contributed by atoms with Gasteiger partial charge in [-0.2, -0.15) is 5.10 Å². The van der Waals surface area contributed by atoms with Crippen LogP contribution in [0.3, 0.4) is 0 Å². The van der Waals surface area contributed by atoms with Gasteiger partial charge < -0.3 is 11.1 Å². The Labute approximate surface area is 108 Å². The van der Waals surface area contributed by atoms with Crippen molar-refractivity contribution >= 4 is 11.6 Å². The molecule has 100 valence electrons. The van der Waals surface area contributed by atoms with Crippen LogP contribution in [0.1, 0.15) is 62.1 Å². The zero-order valence-corrected chi connectivity index (χ0v) is 11.2. The van der Waals surface area contributed by atoms with Crippen molar-refractivity contribution in [3.8, 4) is 0 Å². The van der Waals surface area contributed by atoms with E-state index in [1.54, 1.807) is 0 Å². The van der Waals surface area contributed by atoms with Crippen molar-refractivity contribution in [1.29, 1.82) is 0 Å². The van der Waals surface area contributed by atoms with Crippen LogP contribution >= 0.6 is 0 Å². The Hall–Kier alpha value is -1.52. The minimum atomic E-state index is -0.159. The maximum atomic E-state index is 12.2. The quantitative estimate of drug-likeness (QED) is 0.767. The number of aryl methyl sites for hydroxylation is 1. The first-order valence-electron chi connectivity index (χ1n) is 6.71. The molecule has 1 aromatic heterocycles. The average Bonchev–Trinajstić information content (AvgIpc) is 2.70. The second kappa shape index (κ2) is 5.00. The Morgan fingerprint density at radius 2 is 2.11 bits per heavy atom. The van der Waals surface area contributed by atoms with E-state index in [0.29, 0.717) is 11.4 Å². The molecule has 0 saturated heterocycles. The van der Waals surface area contributed by atoms with Crippen LogP contribution in [0, 0.1) is 0 Å². The van der Waals surface area contributed by atoms with Crippen molar-refractivity contribution in [2.24, 2.45) is 0 Å². The predicted octanol–water partition coefficient (Wildman–Crippen LogP) is 2.01. The third-order valence-corrected chi connectivity index (χ3v) is 3.82. The van der Waals surface area contributed by atoms with Crippen LogP contribution in [0.15, 0.2) is 0 Å². The summed E-state index contributed by atoms with van der Waals surface area (Å²) in [5.74, 6) is -0.159. The maximum absolute atomic E-state index is 12.2. The second-order valence-corrected chi connectivity index (χ2v) is 5.39. The molecule has 0 spiro atoms. The molecule has 5 nitrogen and oxygen atoms in total. The summed E-state index contributed by atoms with van der Waals surface area (Å²) in [6, 6.07) is 0. The highest BCUT2D eigenvalue weighted by atomic mass is 16.2. The van der Waals surface area contributed by atoms with Gasteiger partial charge >= 0.3 is 0 Å². The van der Waals surface area contributed by atoms with Gasteiger partial charge in [0, 0.05) is 5.54 Å². The molecule has 0 unspecified atom stereocenters. The van der Waals surface area contributed by atoms with Crippen molar-refractivity contribution in [1.82, 2.24) is 15.5 Å². The fraction of sp³-hybridized carbons (Fsp3) is 0.692. The van der Waals surface area contributed by atoms with Gasteiger partial charge in [-0.05, 0) is 26.2 Å². The third kappa shape index (κ3) is 2.49. The molecule has 18 heavy (non-hydrogen) atoms. The largest absolute Gasteiger partial charge is 0.395 e. The Morgan fingerprint density at radius 3 is 2.67 bits per heavy atom. The Morgan fingerprint density at radius 1 is 1.44 bits per heavy atom. The number of aromatic amines is 1. The summed E-state index contributed by atoms with van der Waals surface area (Å²) in [7, 11) is 0. The molecular formula is C13H22N4O. The summed E-state index contributed by atoms with van der Waals surface area (Å²) >= 11 is 0. The lowest BCUT2D eigenvalue weighted by Gasteiger charge is -2.34. The number of anilines is 1. The second-order valence-electron chi connectivity index (χ2n) is 5.39. The number of hydrogen-bond donors (Lipinski definition) is 3. The zero-order chi connectivity index (χ0) is 13.2. The molecule has 0 atom stereocenters. The summed E-state index contributed by atoms with van der Waals surface area (Å²) < 4.78 is 0. The van der Waals surface area contributed by atoms with E-state index in [2.05, 4.69) is 22.4 Å². The number of hydrogen-bond acceptors (Lipinski definition) is 3. The minimum absolute atomic E-state index is 0.104. The van der Waals surface area contributed by atoms with Crippen molar-refractivity contribution in [2.75, 3.05) is 5.73 Å². The van der Waals surface area contributed by atoms with Crippen molar-refractivity contribution < 1.29 is 4.79 Å². The number of H-pyrrole nitrogens is 1. The molecule has 0 aliphatic heterocycles. The molecule has 0 aromatic carbocycles. The third-order valence-electron chi connectivity index (χ3n) is 3.82. The smallest absolute Gasteiger partial charge is 0.274 e. The number of nitrogens with one attached hydrogen (secondary N) is 2. The van der Waals surface area contributed by atoms with Crippen LogP contribution in [0.4, 0.5) is 5.69 Å². The van der Waals surface area contributed by atoms with Gasteiger partial charge in [-0.1, -0.05) is 26.2 Å². The van der Waals surface area contributed by atoms with Crippen LogP contribution < -0.4 is 11.1 Å². The van der Waals surface area contributed by atoms with Crippen LogP contribution in [0.2, 0.25) is 0 Å². The van der Waals surface area contributed by atoms with E-state index in [9.17, 15) is 4.79 Å². The number of nitrogens with zero attached hydrogens (tertiary/aromatic N) is 1. The summed E-state index contributed by atoms with van der Waals surface area (Å²) in [6.45, 7) is 4.08. The Balaban J connectivity index is 2.09. The van der Waals surface area contributed by atoms with Gasteiger partial charge in [-0.15, -0.1) is 0 Å². The highest BCUT2D eigenvalue weighted by Gasteiger charge is 2.30. The van der Waals surface area contributed by atoms with Crippen molar-refractivity contribution in [3.63, 3.8) is 0 Å². The van der Waals surface area contributed by atoms with Gasteiger partial charge in [0.25, 0.3) is 5.91 Å². The normalized spacial score (nSPS) is 18.6. The number of nitrogen functional groups attached to an aromatic ring is 1. The summed E-state index contributed by atoms with van der Waals surface area (Å²) in [4.78, 5) is 12.2. The first-order valence-corrected chi connectivity index (χ1v) is 6.71. The Bertz CT molecular complexity index is 432. The predicted molar refractivity (Wildman–Crippen MR) is 71.3 cm³/mol. The Kier molecular flexibility index (Phi) is 3.59. The molecule has 1 heterocycles. The van der Waals surface area contributed by atoms with E-state index in [4.69, 9.17) is 5.73 Å². The van der Waals surface area contributed by atoms with Gasteiger partial charge in [0.15, 0.2) is 5.69 Å². The monoisotopic (exact) mass is 250 g/mol. The molecule has 4 N–H and O–H groups in total. The molecular weight excluding hydrogens is 228 g/mol. The summed E-state index contributed by atoms with van der Waals surface area (Å²) in [5, 5.41) is 9.93. The lowest BCUT2D eigenvalue weighted by atomic mass is 9.83. The van der Waals surface area contributed by atoms with E-state index < -0.39 is 0 Å². The topological polar surface area (TPSA) is 83.8 Å². The number of carbonyl (C=O) groups is 1. The van der Waals surface area contributed by atoms with Gasteiger partial charge in [0.1, 0.15) is 0 Å². The van der Waals surface area contributed by atoms with E-state index in [1.165, 1.54) is 19.3 Å². The van der Waals surface area contributed by atoms with Crippen LogP contribution in [-0.2, 0) is 6.42 Å². The highest BCUT2D eigenvalue weighted by Crippen LogP contribution is 2.28. The number of amides is 1. The van der Waals surface area contributed by atoms with Crippen LogP contribution in [-0.4, -0.2) is 21.6 Å². The standard InChI is InChI=1S/C13H22N4O/c1-3-9-10(14)11(17-16-9)12(18)15-13(2)7-5-4-6-8-13/h3-8,14H2,1-2H3,(H,15,18)(H,16,17). The molecule has 0 radical (unpaired) electrons. The molecule has 1 saturated carbocycles. The van der Waals surface area contributed by atoms with E-state index in [-0.39, 0.29) is 11.4 Å². The number of rotatable bonds is 3. The lowest BCUT2D eigenvalue weighted by molar-refractivity contribution is 0.0878. The average molecular weight is 250 g/mol. The number of carbonyl (C=O) groups excluding carboxylic acids is 1. The molecule has 1 aliphatic rings. The first-order chi connectivity index (χ1) is 8.56. The maximum Gasteiger partial charge on any atom is 0.274 e. The molecule has 0 bridgehead atoms. The van der Waals surface area contributed by atoms with E-state index in [1.807, 2.05) is 6.92 Å². The highest BCUT2D eigenvalue weighted by molar-refractivity contribution is 5.98. The van der Waals surface area contributed by atoms with E-state index in [0.717, 1.165) is 25.0 Å². The molecule has 1 amide bonds. The van der Waals surface area contributed by atoms with Crippen LogP contribution in [0.5, 0.6) is 0 Å². The van der Waals surface area contributed by atoms with Gasteiger partial charge in [0.2, 0.25) is 0 Å². The lowest BCUT2D eigenvalue weighted by Crippen LogP contribution is -2.47. The molecule has 5 heteroatoms. The molecule has 1 fully saturated rings. The van der Waals surface area contributed by atoms with E-state index >= 15 is 0 Å². The van der Waals surface area contributed by atoms with Crippen molar-refractivity contribution in [2.45, 2.75) is 57.9 Å². The summed E-state index contributed by atoms with van der Waals surface area (Å²) in [5.41, 5.74) is 7.45. The summed E-state index contributed by atoms with van der Waals surface area (Å²) in [6.07, 6.45) is 6.42. The number of aromatic nitrogens is 2. The van der Waals surface area contributed by atoms with Gasteiger partial charge in [-0.25, -0.2) is 0 Å². The van der Waals surface area contributed by atoms with Crippen LogP contribution in [0.25, 0.3) is 0 Å². The SMILES string of the molecule is CCc1[nH]nc(C(=O)NC2(C)CCCCC2)c1N. The molecule has 1 aliphatic carbocycles. The zero-order valence-electron chi connectivity index (χ0n) is 11.2. The van der Waals surface area contributed by atoms with Gasteiger partial charge in [-0.3, -0.25) is 9.89 Å².